The molecule has 0 spiro atoms. The Morgan fingerprint density at radius 2 is 1.70 bits per heavy atom. The lowest BCUT2D eigenvalue weighted by atomic mass is 10.2. The fourth-order valence-corrected chi connectivity index (χ4v) is 3.12. The second-order valence-corrected chi connectivity index (χ2v) is 6.49. The molecule has 3 aromatic rings. The van der Waals surface area contributed by atoms with Crippen molar-refractivity contribution in [1.82, 2.24) is 9.97 Å². The van der Waals surface area contributed by atoms with E-state index in [0.29, 0.717) is 11.3 Å². The van der Waals surface area contributed by atoms with Gasteiger partial charge >= 0.3 is 0 Å². The van der Waals surface area contributed by atoms with Crippen LogP contribution in [0.3, 0.4) is 0 Å². The van der Waals surface area contributed by atoms with Crippen molar-refractivity contribution in [2.24, 2.45) is 0 Å². The van der Waals surface area contributed by atoms with Gasteiger partial charge in [-0.05, 0) is 61.4 Å². The fraction of sp³-hybridized carbons (Fsp3) is 0.190. The van der Waals surface area contributed by atoms with Gasteiger partial charge in [-0.2, -0.15) is 0 Å². The summed E-state index contributed by atoms with van der Waals surface area (Å²) in [4.78, 5) is 22.9. The second-order valence-electron chi connectivity index (χ2n) is 6.49. The molecule has 0 saturated carbocycles. The van der Waals surface area contributed by atoms with Gasteiger partial charge in [0, 0.05) is 36.9 Å². The first kappa shape index (κ1) is 17.0. The number of pyridine rings is 2. The Bertz CT molecular complexity index is 888. The van der Waals surface area contributed by atoms with Crippen molar-refractivity contribution in [3.05, 3.63) is 72.7 Å². The van der Waals surface area contributed by atoms with Crippen LogP contribution in [0, 0.1) is 0 Å². The molecular formula is C21H21N5O. The first-order valence-corrected chi connectivity index (χ1v) is 9.07. The number of carbonyl (C=O) groups excluding carboxylic acids is 1. The molecule has 1 aliphatic heterocycles. The zero-order chi connectivity index (χ0) is 18.5. The normalized spacial score (nSPS) is 13.4. The van der Waals surface area contributed by atoms with E-state index in [1.807, 2.05) is 12.1 Å². The molecule has 4 rings (SSSR count). The molecule has 1 aromatic carbocycles. The van der Waals surface area contributed by atoms with Crippen LogP contribution in [0.15, 0.2) is 67.1 Å². The molecule has 0 atom stereocenters. The highest BCUT2D eigenvalue weighted by Crippen LogP contribution is 2.23. The zero-order valence-electron chi connectivity index (χ0n) is 14.9. The number of amides is 1. The average Bonchev–Trinajstić information content (AvgIpc) is 3.26. The van der Waals surface area contributed by atoms with E-state index in [2.05, 4.69) is 49.8 Å². The molecular weight excluding hydrogens is 338 g/mol. The number of rotatable bonds is 5. The molecule has 2 aromatic heterocycles. The number of nitrogens with one attached hydrogen (secondary N) is 2. The summed E-state index contributed by atoms with van der Waals surface area (Å²) in [5.41, 5.74) is 3.40. The Balaban J connectivity index is 1.37. The minimum absolute atomic E-state index is 0.205. The van der Waals surface area contributed by atoms with E-state index in [0.717, 1.165) is 24.6 Å². The minimum atomic E-state index is -0.205. The Hall–Kier alpha value is -3.41. The molecule has 6 heteroatoms. The lowest BCUT2D eigenvalue weighted by Gasteiger charge is -2.17. The van der Waals surface area contributed by atoms with E-state index in [1.165, 1.54) is 24.7 Å². The summed E-state index contributed by atoms with van der Waals surface area (Å²) in [7, 11) is 0. The van der Waals surface area contributed by atoms with Crippen LogP contribution in [-0.4, -0.2) is 29.0 Å². The van der Waals surface area contributed by atoms with E-state index < -0.39 is 0 Å². The topological polar surface area (TPSA) is 70.2 Å². The van der Waals surface area contributed by atoms with Gasteiger partial charge in [0.2, 0.25) is 0 Å². The highest BCUT2D eigenvalue weighted by atomic mass is 16.1. The van der Waals surface area contributed by atoms with Crippen molar-refractivity contribution in [1.29, 1.82) is 0 Å². The van der Waals surface area contributed by atoms with Gasteiger partial charge in [-0.1, -0.05) is 0 Å². The number of hydrogen-bond donors (Lipinski definition) is 2. The molecule has 27 heavy (non-hydrogen) atoms. The van der Waals surface area contributed by atoms with Crippen LogP contribution >= 0.6 is 0 Å². The van der Waals surface area contributed by atoms with Crippen LogP contribution in [-0.2, 0) is 0 Å². The Morgan fingerprint density at radius 1 is 0.926 bits per heavy atom. The number of carbonyl (C=O) groups is 1. The molecule has 0 unspecified atom stereocenters. The number of anilines is 4. The van der Waals surface area contributed by atoms with Gasteiger partial charge in [-0.3, -0.25) is 9.78 Å². The summed E-state index contributed by atoms with van der Waals surface area (Å²) in [5.74, 6) is 0.520. The third kappa shape index (κ3) is 4.23. The van der Waals surface area contributed by atoms with Gasteiger partial charge < -0.3 is 15.5 Å². The Kier molecular flexibility index (Phi) is 4.96. The van der Waals surface area contributed by atoms with E-state index in [-0.39, 0.29) is 5.91 Å². The molecule has 1 fully saturated rings. The maximum Gasteiger partial charge on any atom is 0.257 e. The minimum Gasteiger partial charge on any atom is -0.372 e. The van der Waals surface area contributed by atoms with Crippen LogP contribution in [0.4, 0.5) is 22.9 Å². The summed E-state index contributed by atoms with van der Waals surface area (Å²) in [6.45, 7) is 2.28. The lowest BCUT2D eigenvalue weighted by Crippen LogP contribution is -2.17. The Labute approximate surface area is 158 Å². The summed E-state index contributed by atoms with van der Waals surface area (Å²) < 4.78 is 0. The maximum absolute atomic E-state index is 12.1. The van der Waals surface area contributed by atoms with Crippen molar-refractivity contribution in [3.63, 3.8) is 0 Å². The zero-order valence-corrected chi connectivity index (χ0v) is 14.9. The first-order chi connectivity index (χ1) is 13.3. The standard InChI is InChI=1S/C21H21N5O/c27-21(16-4-3-11-22-14-16)25-18-7-10-20(23-15-18)24-17-5-8-19(9-6-17)26-12-1-2-13-26/h3-11,14-15H,1-2,12-13H2,(H,23,24)(H,25,27). The third-order valence-electron chi connectivity index (χ3n) is 4.56. The van der Waals surface area contributed by atoms with Crippen molar-refractivity contribution >= 4 is 28.8 Å². The highest BCUT2D eigenvalue weighted by molar-refractivity contribution is 6.03. The van der Waals surface area contributed by atoms with Crippen LogP contribution in [0.2, 0.25) is 0 Å². The molecule has 2 N–H and O–H groups in total. The predicted octanol–water partition coefficient (Wildman–Crippen LogP) is 4.07. The monoisotopic (exact) mass is 359 g/mol. The van der Waals surface area contributed by atoms with Crippen molar-refractivity contribution < 1.29 is 4.79 Å². The average molecular weight is 359 g/mol. The van der Waals surface area contributed by atoms with E-state index in [1.54, 1.807) is 24.5 Å². The predicted molar refractivity (Wildman–Crippen MR) is 108 cm³/mol. The van der Waals surface area contributed by atoms with Crippen LogP contribution in [0.1, 0.15) is 23.2 Å². The molecule has 0 radical (unpaired) electrons. The fourth-order valence-electron chi connectivity index (χ4n) is 3.12. The van der Waals surface area contributed by atoms with Crippen molar-refractivity contribution in [3.8, 4) is 0 Å². The molecule has 1 saturated heterocycles. The molecule has 136 valence electrons. The van der Waals surface area contributed by atoms with Gasteiger partial charge in [-0.25, -0.2) is 4.98 Å². The smallest absolute Gasteiger partial charge is 0.257 e. The molecule has 1 amide bonds. The van der Waals surface area contributed by atoms with Gasteiger partial charge in [-0.15, -0.1) is 0 Å². The molecule has 0 bridgehead atoms. The van der Waals surface area contributed by atoms with Crippen LogP contribution in [0.5, 0.6) is 0 Å². The maximum atomic E-state index is 12.1. The molecule has 0 aliphatic carbocycles. The second kappa shape index (κ2) is 7.86. The SMILES string of the molecule is O=C(Nc1ccc(Nc2ccc(N3CCCC3)cc2)nc1)c1cccnc1. The summed E-state index contributed by atoms with van der Waals surface area (Å²) in [6, 6.07) is 15.5. The van der Waals surface area contributed by atoms with Crippen molar-refractivity contribution in [2.45, 2.75) is 12.8 Å². The number of hydrogen-bond acceptors (Lipinski definition) is 5. The molecule has 3 heterocycles. The van der Waals surface area contributed by atoms with E-state index in [4.69, 9.17) is 0 Å². The largest absolute Gasteiger partial charge is 0.372 e. The van der Waals surface area contributed by atoms with Crippen LogP contribution in [0.25, 0.3) is 0 Å². The highest BCUT2D eigenvalue weighted by Gasteiger charge is 2.12. The molecule has 6 nitrogen and oxygen atoms in total. The number of benzene rings is 1. The molecule has 1 aliphatic rings. The number of aromatic nitrogens is 2. The third-order valence-corrected chi connectivity index (χ3v) is 4.56. The van der Waals surface area contributed by atoms with Crippen LogP contribution < -0.4 is 15.5 Å². The van der Waals surface area contributed by atoms with Gasteiger partial charge in [0.25, 0.3) is 5.91 Å². The van der Waals surface area contributed by atoms with Crippen molar-refractivity contribution in [2.75, 3.05) is 28.6 Å². The summed E-state index contributed by atoms with van der Waals surface area (Å²) in [5, 5.41) is 6.09. The van der Waals surface area contributed by atoms with Gasteiger partial charge in [0.15, 0.2) is 0 Å². The van der Waals surface area contributed by atoms with Gasteiger partial charge in [0.05, 0.1) is 17.4 Å². The lowest BCUT2D eigenvalue weighted by molar-refractivity contribution is 0.102. The van der Waals surface area contributed by atoms with E-state index >= 15 is 0 Å². The quantitative estimate of drug-likeness (QED) is 0.718. The summed E-state index contributed by atoms with van der Waals surface area (Å²) >= 11 is 0. The van der Waals surface area contributed by atoms with Gasteiger partial charge in [0.1, 0.15) is 5.82 Å². The summed E-state index contributed by atoms with van der Waals surface area (Å²) in [6.07, 6.45) is 7.34. The Morgan fingerprint density at radius 3 is 2.37 bits per heavy atom. The number of nitrogens with zero attached hydrogens (tertiary/aromatic N) is 3. The first-order valence-electron chi connectivity index (χ1n) is 9.07. The van der Waals surface area contributed by atoms with E-state index in [9.17, 15) is 4.79 Å².